The Morgan fingerprint density at radius 3 is 2.50 bits per heavy atom. The van der Waals surface area contributed by atoms with Gasteiger partial charge in [0, 0.05) is 35.9 Å². The molecule has 20 heavy (non-hydrogen) atoms. The van der Waals surface area contributed by atoms with Crippen LogP contribution in [0.3, 0.4) is 0 Å². The highest BCUT2D eigenvalue weighted by atomic mass is 32.2. The lowest BCUT2D eigenvalue weighted by Gasteiger charge is -2.16. The average molecular weight is 289 g/mol. The molecule has 108 valence electrons. The quantitative estimate of drug-likeness (QED) is 0.829. The number of likely N-dealkylation sites (N-methyl/N-ethyl adjacent to an activating group) is 1. The van der Waals surface area contributed by atoms with Gasteiger partial charge in [-0.3, -0.25) is 4.68 Å². The second-order valence-corrected chi connectivity index (χ2v) is 6.31. The van der Waals surface area contributed by atoms with Gasteiger partial charge < -0.3 is 5.32 Å². The first-order chi connectivity index (χ1) is 9.58. The van der Waals surface area contributed by atoms with Crippen LogP contribution in [0.2, 0.25) is 0 Å². The van der Waals surface area contributed by atoms with Crippen LogP contribution >= 0.6 is 11.8 Å². The number of hydrogen-bond acceptors (Lipinski definition) is 3. The molecule has 1 unspecified atom stereocenters. The molecule has 0 aliphatic carbocycles. The molecule has 0 amide bonds. The van der Waals surface area contributed by atoms with Crippen molar-refractivity contribution in [3.05, 3.63) is 47.3 Å². The molecule has 0 bridgehead atoms. The molecule has 0 aliphatic heterocycles. The second-order valence-electron chi connectivity index (χ2n) is 5.21. The van der Waals surface area contributed by atoms with E-state index < -0.39 is 0 Å². The van der Waals surface area contributed by atoms with Crippen molar-refractivity contribution in [2.45, 2.75) is 31.2 Å². The second kappa shape index (κ2) is 6.95. The van der Waals surface area contributed by atoms with E-state index in [-0.39, 0.29) is 0 Å². The van der Waals surface area contributed by atoms with Crippen molar-refractivity contribution in [1.82, 2.24) is 15.1 Å². The van der Waals surface area contributed by atoms with Crippen molar-refractivity contribution in [3.63, 3.8) is 0 Å². The van der Waals surface area contributed by atoms with Crippen LogP contribution in [-0.4, -0.2) is 28.6 Å². The van der Waals surface area contributed by atoms with Gasteiger partial charge in [-0.1, -0.05) is 17.7 Å². The molecule has 1 aromatic heterocycles. The Balaban J connectivity index is 1.92. The van der Waals surface area contributed by atoms with E-state index in [2.05, 4.69) is 47.7 Å². The topological polar surface area (TPSA) is 29.9 Å². The molecule has 0 fully saturated rings. The van der Waals surface area contributed by atoms with Crippen LogP contribution in [-0.2, 0) is 13.5 Å². The van der Waals surface area contributed by atoms with E-state index in [1.807, 2.05) is 37.5 Å². The lowest BCUT2D eigenvalue weighted by molar-refractivity contribution is 0.582. The highest BCUT2D eigenvalue weighted by molar-refractivity contribution is 7.99. The molecule has 1 atom stereocenters. The largest absolute Gasteiger partial charge is 0.316 e. The van der Waals surface area contributed by atoms with Crippen molar-refractivity contribution in [1.29, 1.82) is 0 Å². The summed E-state index contributed by atoms with van der Waals surface area (Å²) >= 11 is 1.90. The Hall–Kier alpha value is -1.26. The highest BCUT2D eigenvalue weighted by Crippen LogP contribution is 2.20. The van der Waals surface area contributed by atoms with E-state index in [4.69, 9.17) is 0 Å². The number of benzene rings is 1. The summed E-state index contributed by atoms with van der Waals surface area (Å²) < 4.78 is 1.98. The van der Waals surface area contributed by atoms with Gasteiger partial charge in [-0.25, -0.2) is 0 Å². The molecule has 1 aromatic carbocycles. The highest BCUT2D eigenvalue weighted by Gasteiger charge is 2.11. The number of aromatic nitrogens is 2. The number of nitrogens with one attached hydrogen (secondary N) is 1. The Bertz CT molecular complexity index is 545. The van der Waals surface area contributed by atoms with Crippen molar-refractivity contribution < 1.29 is 0 Å². The Labute approximate surface area is 125 Å². The zero-order valence-corrected chi connectivity index (χ0v) is 13.5. The maximum atomic E-state index is 4.41. The minimum Gasteiger partial charge on any atom is -0.316 e. The van der Waals surface area contributed by atoms with Gasteiger partial charge in [0.2, 0.25) is 0 Å². The van der Waals surface area contributed by atoms with Gasteiger partial charge in [0.05, 0.1) is 5.69 Å². The predicted molar refractivity (Wildman–Crippen MR) is 86.4 cm³/mol. The molecule has 1 heterocycles. The summed E-state index contributed by atoms with van der Waals surface area (Å²) in [5.74, 6) is 1.06. The number of aryl methyl sites for hydroxylation is 3. The predicted octanol–water partition coefficient (Wildman–Crippen LogP) is 2.96. The summed E-state index contributed by atoms with van der Waals surface area (Å²) in [4.78, 5) is 1.33. The first-order valence-electron chi connectivity index (χ1n) is 6.94. The molecule has 0 radical (unpaired) electrons. The monoisotopic (exact) mass is 289 g/mol. The van der Waals surface area contributed by atoms with E-state index in [9.17, 15) is 0 Å². The molecule has 0 aliphatic rings. The van der Waals surface area contributed by atoms with Crippen molar-refractivity contribution in [2.24, 2.45) is 7.05 Å². The van der Waals surface area contributed by atoms with Crippen LogP contribution < -0.4 is 5.32 Å². The summed E-state index contributed by atoms with van der Waals surface area (Å²) in [6, 6.07) is 11.3. The molecule has 2 rings (SSSR count). The first-order valence-corrected chi connectivity index (χ1v) is 7.93. The summed E-state index contributed by atoms with van der Waals surface area (Å²) in [7, 11) is 4.05. The minimum atomic E-state index is 0.455. The van der Waals surface area contributed by atoms with Crippen molar-refractivity contribution in [3.8, 4) is 0 Å². The van der Waals surface area contributed by atoms with Crippen molar-refractivity contribution >= 4 is 11.8 Å². The number of hydrogen-bond donors (Lipinski definition) is 1. The standard InChI is InChI=1S/C16H23N3S/c1-12-5-7-16(8-6-12)20-11-14(17-3)10-15-9-13(2)18-19(15)4/h5-9,14,17H,10-11H2,1-4H3. The van der Waals surface area contributed by atoms with Gasteiger partial charge in [0.15, 0.2) is 0 Å². The van der Waals surface area contributed by atoms with Gasteiger partial charge in [-0.2, -0.15) is 5.10 Å². The normalized spacial score (nSPS) is 12.6. The summed E-state index contributed by atoms with van der Waals surface area (Å²) in [5.41, 5.74) is 3.68. The molecule has 1 N–H and O–H groups in total. The number of nitrogens with zero attached hydrogens (tertiary/aromatic N) is 2. The molecular formula is C16H23N3S. The maximum Gasteiger partial charge on any atom is 0.0596 e. The summed E-state index contributed by atoms with van der Waals surface area (Å²) in [6.45, 7) is 4.16. The van der Waals surface area contributed by atoms with E-state index in [1.54, 1.807) is 0 Å². The smallest absolute Gasteiger partial charge is 0.0596 e. The Morgan fingerprint density at radius 1 is 1.25 bits per heavy atom. The van der Waals surface area contributed by atoms with E-state index >= 15 is 0 Å². The fourth-order valence-corrected chi connectivity index (χ4v) is 3.19. The third kappa shape index (κ3) is 4.12. The van der Waals surface area contributed by atoms with E-state index in [0.717, 1.165) is 17.9 Å². The SMILES string of the molecule is CNC(CSc1ccc(C)cc1)Cc1cc(C)nn1C. The molecule has 4 heteroatoms. The molecule has 0 saturated carbocycles. The molecule has 2 aromatic rings. The van der Waals surface area contributed by atoms with Crippen LogP contribution in [0.5, 0.6) is 0 Å². The zero-order chi connectivity index (χ0) is 14.5. The van der Waals surface area contributed by atoms with Crippen molar-refractivity contribution in [2.75, 3.05) is 12.8 Å². The minimum absolute atomic E-state index is 0.455. The van der Waals surface area contributed by atoms with Gasteiger partial charge in [0.1, 0.15) is 0 Å². The van der Waals surface area contributed by atoms with Crippen LogP contribution in [0.15, 0.2) is 35.2 Å². The molecular weight excluding hydrogens is 266 g/mol. The molecule has 0 spiro atoms. The van der Waals surface area contributed by atoms with E-state index in [1.165, 1.54) is 16.2 Å². The zero-order valence-electron chi connectivity index (χ0n) is 12.7. The van der Waals surface area contributed by atoms with Gasteiger partial charge in [0.25, 0.3) is 0 Å². The summed E-state index contributed by atoms with van der Waals surface area (Å²) in [5, 5.41) is 7.82. The maximum absolute atomic E-state index is 4.41. The molecule has 0 saturated heterocycles. The van der Waals surface area contributed by atoms with Gasteiger partial charge >= 0.3 is 0 Å². The Kier molecular flexibility index (Phi) is 5.26. The number of rotatable bonds is 6. The fraction of sp³-hybridized carbons (Fsp3) is 0.438. The average Bonchev–Trinajstić information content (AvgIpc) is 2.74. The third-order valence-electron chi connectivity index (χ3n) is 3.43. The lowest BCUT2D eigenvalue weighted by Crippen LogP contribution is -2.30. The van der Waals surface area contributed by atoms with Crippen LogP contribution in [0.4, 0.5) is 0 Å². The van der Waals surface area contributed by atoms with Gasteiger partial charge in [-0.05, 0) is 39.1 Å². The molecule has 3 nitrogen and oxygen atoms in total. The van der Waals surface area contributed by atoms with Gasteiger partial charge in [-0.15, -0.1) is 11.8 Å². The first kappa shape index (κ1) is 15.1. The fourth-order valence-electron chi connectivity index (χ4n) is 2.18. The van der Waals surface area contributed by atoms with Crippen LogP contribution in [0, 0.1) is 13.8 Å². The third-order valence-corrected chi connectivity index (χ3v) is 4.61. The van der Waals surface area contributed by atoms with Crippen LogP contribution in [0.25, 0.3) is 0 Å². The lowest BCUT2D eigenvalue weighted by atomic mass is 10.2. The number of thioether (sulfide) groups is 1. The Morgan fingerprint density at radius 2 is 1.95 bits per heavy atom. The van der Waals surface area contributed by atoms with Crippen LogP contribution in [0.1, 0.15) is 17.0 Å². The van der Waals surface area contributed by atoms with E-state index in [0.29, 0.717) is 6.04 Å². The summed E-state index contributed by atoms with van der Waals surface area (Å²) in [6.07, 6.45) is 1.01.